The van der Waals surface area contributed by atoms with Crippen molar-refractivity contribution in [3.05, 3.63) is 59.7 Å². The second kappa shape index (κ2) is 6.94. The minimum atomic E-state index is 0.651. The number of hydrogen-bond acceptors (Lipinski definition) is 6. The predicted octanol–water partition coefficient (Wildman–Crippen LogP) is 2.83. The maximum Gasteiger partial charge on any atom is 0.214 e. The van der Waals surface area contributed by atoms with E-state index in [4.69, 9.17) is 10.00 Å². The Morgan fingerprint density at radius 1 is 1.22 bits per heavy atom. The zero-order valence-corrected chi connectivity index (χ0v) is 13.2. The van der Waals surface area contributed by atoms with Gasteiger partial charge in [0.2, 0.25) is 5.16 Å². The lowest BCUT2D eigenvalue weighted by Crippen LogP contribution is -1.99. The number of hydrogen-bond donors (Lipinski definition) is 0. The molecule has 1 aromatic heterocycles. The fourth-order valence-corrected chi connectivity index (χ4v) is 2.87. The van der Waals surface area contributed by atoms with Crippen LogP contribution in [0.3, 0.4) is 0 Å². The lowest BCUT2D eigenvalue weighted by atomic mass is 10.2. The summed E-state index contributed by atoms with van der Waals surface area (Å²) in [5, 5.41) is 21.5. The summed E-state index contributed by atoms with van der Waals surface area (Å²) in [5.41, 5.74) is 2.57. The molecule has 0 amide bonds. The molecule has 0 bridgehead atoms. The van der Waals surface area contributed by atoms with Crippen LogP contribution in [0.15, 0.2) is 53.7 Å². The monoisotopic (exact) mass is 323 g/mol. The zero-order valence-electron chi connectivity index (χ0n) is 12.4. The maximum atomic E-state index is 8.95. The van der Waals surface area contributed by atoms with Crippen molar-refractivity contribution in [1.29, 1.82) is 5.26 Å². The van der Waals surface area contributed by atoms with Crippen LogP contribution in [0.1, 0.15) is 11.1 Å². The Labute approximate surface area is 137 Å². The average molecular weight is 323 g/mol. The Bertz CT molecular complexity index is 838. The van der Waals surface area contributed by atoms with E-state index in [0.717, 1.165) is 17.0 Å². The van der Waals surface area contributed by atoms with Gasteiger partial charge >= 0.3 is 0 Å². The fraction of sp³-hybridized carbons (Fsp3) is 0.125. The molecule has 23 heavy (non-hydrogen) atoms. The highest BCUT2D eigenvalue weighted by molar-refractivity contribution is 7.98. The molecule has 1 heterocycles. The van der Waals surface area contributed by atoms with Gasteiger partial charge in [-0.25, -0.2) is 0 Å². The summed E-state index contributed by atoms with van der Waals surface area (Å²) >= 11 is 1.52. The van der Waals surface area contributed by atoms with Gasteiger partial charge in [0.1, 0.15) is 5.75 Å². The number of thioether (sulfide) groups is 1. The largest absolute Gasteiger partial charge is 0.497 e. The van der Waals surface area contributed by atoms with Crippen molar-refractivity contribution in [1.82, 2.24) is 20.2 Å². The van der Waals surface area contributed by atoms with Crippen molar-refractivity contribution in [3.63, 3.8) is 0 Å². The van der Waals surface area contributed by atoms with Crippen molar-refractivity contribution in [2.24, 2.45) is 0 Å². The first-order valence-corrected chi connectivity index (χ1v) is 7.83. The Balaban J connectivity index is 1.76. The van der Waals surface area contributed by atoms with E-state index in [1.54, 1.807) is 17.9 Å². The highest BCUT2D eigenvalue weighted by Gasteiger charge is 2.09. The Morgan fingerprint density at radius 3 is 2.78 bits per heavy atom. The van der Waals surface area contributed by atoms with Gasteiger partial charge in [-0.1, -0.05) is 23.9 Å². The van der Waals surface area contributed by atoms with E-state index in [2.05, 4.69) is 21.6 Å². The van der Waals surface area contributed by atoms with Crippen LogP contribution in [0, 0.1) is 11.3 Å². The molecule has 0 unspecified atom stereocenters. The Hall–Kier alpha value is -2.85. The highest BCUT2D eigenvalue weighted by Crippen LogP contribution is 2.23. The van der Waals surface area contributed by atoms with E-state index >= 15 is 0 Å². The van der Waals surface area contributed by atoms with Gasteiger partial charge in [-0.3, -0.25) is 0 Å². The molecule has 0 spiro atoms. The molecule has 0 atom stereocenters. The topological polar surface area (TPSA) is 76.6 Å². The quantitative estimate of drug-likeness (QED) is 0.672. The van der Waals surface area contributed by atoms with Gasteiger partial charge in [0.25, 0.3) is 0 Å². The molecule has 2 aromatic carbocycles. The second-order valence-corrected chi connectivity index (χ2v) is 5.61. The number of tetrazole rings is 1. The van der Waals surface area contributed by atoms with Crippen LogP contribution >= 0.6 is 11.8 Å². The summed E-state index contributed by atoms with van der Waals surface area (Å²) in [4.78, 5) is 0. The van der Waals surface area contributed by atoms with Gasteiger partial charge in [0, 0.05) is 5.75 Å². The Kier molecular flexibility index (Phi) is 4.54. The molecule has 0 aliphatic carbocycles. The van der Waals surface area contributed by atoms with E-state index in [1.807, 2.05) is 42.5 Å². The predicted molar refractivity (Wildman–Crippen MR) is 86.4 cm³/mol. The van der Waals surface area contributed by atoms with Crippen molar-refractivity contribution in [2.45, 2.75) is 10.9 Å². The first kappa shape index (κ1) is 15.1. The van der Waals surface area contributed by atoms with Crippen LogP contribution < -0.4 is 4.74 Å². The summed E-state index contributed by atoms with van der Waals surface area (Å²) in [5.74, 6) is 1.47. The molecular formula is C16H13N5OS. The second-order valence-electron chi connectivity index (χ2n) is 4.67. The van der Waals surface area contributed by atoms with Crippen molar-refractivity contribution in [3.8, 4) is 17.5 Å². The van der Waals surface area contributed by atoms with Gasteiger partial charge in [0.15, 0.2) is 0 Å². The van der Waals surface area contributed by atoms with Crippen LogP contribution in [0.2, 0.25) is 0 Å². The first-order valence-electron chi connectivity index (χ1n) is 6.85. The summed E-state index contributed by atoms with van der Waals surface area (Å²) in [6.45, 7) is 0. The molecular weight excluding hydrogens is 310 g/mol. The lowest BCUT2D eigenvalue weighted by Gasteiger charge is -2.05. The van der Waals surface area contributed by atoms with E-state index in [0.29, 0.717) is 16.5 Å². The van der Waals surface area contributed by atoms with E-state index < -0.39 is 0 Å². The van der Waals surface area contributed by atoms with Crippen molar-refractivity contribution < 1.29 is 4.74 Å². The SMILES string of the molecule is COc1ccc(-n2nnnc2SCc2cccc(C#N)c2)cc1. The summed E-state index contributed by atoms with van der Waals surface area (Å²) in [6.07, 6.45) is 0. The smallest absolute Gasteiger partial charge is 0.214 e. The van der Waals surface area contributed by atoms with Crippen LogP contribution in [-0.2, 0) is 5.75 Å². The number of nitriles is 1. The van der Waals surface area contributed by atoms with Gasteiger partial charge in [-0.05, 0) is 52.4 Å². The summed E-state index contributed by atoms with van der Waals surface area (Å²) < 4.78 is 6.83. The normalized spacial score (nSPS) is 10.3. The molecule has 3 rings (SSSR count). The fourth-order valence-electron chi connectivity index (χ4n) is 2.03. The van der Waals surface area contributed by atoms with Crippen LogP contribution in [0.5, 0.6) is 5.75 Å². The zero-order chi connectivity index (χ0) is 16.1. The van der Waals surface area contributed by atoms with Crippen LogP contribution in [0.4, 0.5) is 0 Å². The van der Waals surface area contributed by atoms with E-state index in [-0.39, 0.29) is 0 Å². The van der Waals surface area contributed by atoms with E-state index in [9.17, 15) is 0 Å². The molecule has 6 nitrogen and oxygen atoms in total. The third-order valence-corrected chi connectivity index (χ3v) is 4.17. The molecule has 7 heteroatoms. The number of rotatable bonds is 5. The van der Waals surface area contributed by atoms with Crippen molar-refractivity contribution >= 4 is 11.8 Å². The van der Waals surface area contributed by atoms with E-state index in [1.165, 1.54) is 11.8 Å². The number of nitrogens with zero attached hydrogens (tertiary/aromatic N) is 5. The summed E-state index contributed by atoms with van der Waals surface area (Å²) in [7, 11) is 1.63. The lowest BCUT2D eigenvalue weighted by molar-refractivity contribution is 0.414. The molecule has 0 aliphatic rings. The summed E-state index contributed by atoms with van der Waals surface area (Å²) in [6, 6.07) is 17.2. The van der Waals surface area contributed by atoms with Crippen LogP contribution in [-0.4, -0.2) is 27.3 Å². The molecule has 0 saturated heterocycles. The van der Waals surface area contributed by atoms with Gasteiger partial charge in [-0.15, -0.1) is 5.10 Å². The van der Waals surface area contributed by atoms with Crippen LogP contribution in [0.25, 0.3) is 5.69 Å². The Morgan fingerprint density at radius 2 is 2.04 bits per heavy atom. The number of aromatic nitrogens is 4. The third-order valence-electron chi connectivity index (χ3n) is 3.18. The third kappa shape index (κ3) is 3.49. The standard InChI is InChI=1S/C16H13N5OS/c1-22-15-7-5-14(6-8-15)21-16(18-19-20-21)23-11-13-4-2-3-12(9-13)10-17/h2-9H,11H2,1H3. The average Bonchev–Trinajstić information content (AvgIpc) is 3.09. The highest BCUT2D eigenvalue weighted by atomic mass is 32.2. The number of ether oxygens (including phenoxy) is 1. The molecule has 0 fully saturated rings. The molecule has 0 aliphatic heterocycles. The number of methoxy groups -OCH3 is 1. The van der Waals surface area contributed by atoms with Crippen molar-refractivity contribution in [2.75, 3.05) is 7.11 Å². The molecule has 0 radical (unpaired) electrons. The van der Waals surface area contributed by atoms with Gasteiger partial charge in [-0.2, -0.15) is 9.94 Å². The molecule has 3 aromatic rings. The maximum absolute atomic E-state index is 8.95. The van der Waals surface area contributed by atoms with Gasteiger partial charge in [0.05, 0.1) is 24.4 Å². The minimum absolute atomic E-state index is 0.651. The number of benzene rings is 2. The first-order chi connectivity index (χ1) is 11.3. The molecule has 0 N–H and O–H groups in total. The van der Waals surface area contributed by atoms with Gasteiger partial charge < -0.3 is 4.74 Å². The molecule has 114 valence electrons. The minimum Gasteiger partial charge on any atom is -0.497 e. The molecule has 0 saturated carbocycles.